The van der Waals surface area contributed by atoms with Crippen molar-refractivity contribution in [1.29, 1.82) is 0 Å². The van der Waals surface area contributed by atoms with Gasteiger partial charge in [0.2, 0.25) is 0 Å². The Morgan fingerprint density at radius 2 is 1.35 bits per heavy atom. The molecule has 3 aliphatic carbocycles. The van der Waals surface area contributed by atoms with Gasteiger partial charge in [0.1, 0.15) is 11.2 Å². The van der Waals surface area contributed by atoms with Gasteiger partial charge in [0.05, 0.1) is 0 Å². The first-order chi connectivity index (χ1) is 29.5. The molecule has 12 rings (SSSR count). The number of furan rings is 1. The molecule has 4 heteroatoms. The fourth-order valence-electron chi connectivity index (χ4n) is 10.1. The predicted octanol–water partition coefficient (Wildman–Crippen LogP) is 12.7. The van der Waals surface area contributed by atoms with Crippen LogP contribution in [0.15, 0.2) is 168 Å². The molecular weight excluding hydrogens is 731 g/mol. The van der Waals surface area contributed by atoms with Crippen LogP contribution in [0.25, 0.3) is 95.7 Å². The van der Waals surface area contributed by atoms with Gasteiger partial charge in [0.25, 0.3) is 0 Å². The molecule has 0 saturated carbocycles. The minimum atomic E-state index is 0.0141. The Morgan fingerprint density at radius 3 is 2.20 bits per heavy atom. The Hall–Kier alpha value is -7.17. The zero-order valence-corrected chi connectivity index (χ0v) is 33.6. The van der Waals surface area contributed by atoms with Gasteiger partial charge in [0.15, 0.2) is 17.5 Å². The van der Waals surface area contributed by atoms with Crippen molar-refractivity contribution < 1.29 is 4.42 Å². The van der Waals surface area contributed by atoms with E-state index in [1.807, 2.05) is 18.2 Å². The highest BCUT2D eigenvalue weighted by atomic mass is 16.3. The van der Waals surface area contributed by atoms with Gasteiger partial charge in [-0.05, 0) is 98.1 Å². The van der Waals surface area contributed by atoms with Crippen LogP contribution in [0.1, 0.15) is 55.7 Å². The SMILES string of the molecule is CC1(C)C2=C(C=CCC2)c2cc(-c3nc(-c4ccccc4)nc(-c4ccc(-c5cccc6oc7ccc(C8C=c9ccc%10ccccc%10c9=CC8)cc7c56)cc4)n3)ccc21. The number of hydrogen-bond donors (Lipinski definition) is 0. The highest BCUT2D eigenvalue weighted by Crippen LogP contribution is 2.50. The number of nitrogens with zero attached hydrogens (tertiary/aromatic N) is 3. The minimum Gasteiger partial charge on any atom is -0.456 e. The fraction of sp³-hybridized carbons (Fsp3) is 0.125. The van der Waals surface area contributed by atoms with Crippen LogP contribution in [0.4, 0.5) is 0 Å². The lowest BCUT2D eigenvalue weighted by molar-refractivity contribution is 0.607. The summed E-state index contributed by atoms with van der Waals surface area (Å²) in [5.41, 5.74) is 13.8. The molecule has 0 radical (unpaired) electrons. The predicted molar refractivity (Wildman–Crippen MR) is 247 cm³/mol. The summed E-state index contributed by atoms with van der Waals surface area (Å²) in [7, 11) is 0. The van der Waals surface area contributed by atoms with Crippen LogP contribution in [0, 0.1) is 0 Å². The van der Waals surface area contributed by atoms with Crippen LogP contribution >= 0.6 is 0 Å². The van der Waals surface area contributed by atoms with Gasteiger partial charge in [-0.25, -0.2) is 15.0 Å². The molecule has 2 aromatic heterocycles. The number of allylic oxidation sites excluding steroid dienone is 4. The van der Waals surface area contributed by atoms with Crippen molar-refractivity contribution in [3.63, 3.8) is 0 Å². The third-order valence-electron chi connectivity index (χ3n) is 13.2. The smallest absolute Gasteiger partial charge is 0.164 e. The van der Waals surface area contributed by atoms with Crippen LogP contribution in [0.5, 0.6) is 0 Å². The molecule has 0 amide bonds. The molecule has 0 aliphatic heterocycles. The van der Waals surface area contributed by atoms with E-state index in [1.165, 1.54) is 49.0 Å². The lowest BCUT2D eigenvalue weighted by atomic mass is 9.78. The Bertz CT molecular complexity index is 3420. The first-order valence-corrected chi connectivity index (χ1v) is 21.1. The normalized spacial score (nSPS) is 16.4. The van der Waals surface area contributed by atoms with E-state index in [0.717, 1.165) is 69.0 Å². The maximum atomic E-state index is 6.48. The average Bonchev–Trinajstić information content (AvgIpc) is 3.80. The number of aromatic nitrogens is 3. The molecule has 60 heavy (non-hydrogen) atoms. The van der Waals surface area contributed by atoms with Crippen LogP contribution in [0.3, 0.4) is 0 Å². The van der Waals surface area contributed by atoms with E-state index in [2.05, 4.69) is 166 Å². The second kappa shape index (κ2) is 13.4. The highest BCUT2D eigenvalue weighted by Gasteiger charge is 2.37. The molecule has 4 nitrogen and oxygen atoms in total. The molecule has 2 heterocycles. The van der Waals surface area contributed by atoms with E-state index in [4.69, 9.17) is 19.4 Å². The first kappa shape index (κ1) is 34.8. The number of benzene rings is 7. The second-order valence-corrected chi connectivity index (χ2v) is 17.0. The monoisotopic (exact) mass is 771 g/mol. The lowest BCUT2D eigenvalue weighted by Crippen LogP contribution is -2.29. The Morgan fingerprint density at radius 1 is 0.600 bits per heavy atom. The molecule has 9 aromatic rings. The van der Waals surface area contributed by atoms with E-state index >= 15 is 0 Å². The molecule has 286 valence electrons. The van der Waals surface area contributed by atoms with Crippen molar-refractivity contribution in [2.24, 2.45) is 0 Å². The van der Waals surface area contributed by atoms with E-state index < -0.39 is 0 Å². The summed E-state index contributed by atoms with van der Waals surface area (Å²) in [4.78, 5) is 15.3. The van der Waals surface area contributed by atoms with Crippen molar-refractivity contribution in [2.75, 3.05) is 0 Å². The van der Waals surface area contributed by atoms with Gasteiger partial charge in [-0.3, -0.25) is 0 Å². The summed E-state index contributed by atoms with van der Waals surface area (Å²) in [6.07, 6.45) is 12.6. The number of hydrogen-bond acceptors (Lipinski definition) is 4. The van der Waals surface area contributed by atoms with Crippen LogP contribution in [-0.2, 0) is 5.41 Å². The second-order valence-electron chi connectivity index (χ2n) is 17.0. The van der Waals surface area contributed by atoms with Crippen molar-refractivity contribution in [2.45, 2.75) is 44.4 Å². The zero-order chi connectivity index (χ0) is 40.0. The summed E-state index contributed by atoms with van der Waals surface area (Å²) in [5.74, 6) is 2.27. The summed E-state index contributed by atoms with van der Waals surface area (Å²) < 4.78 is 6.48. The topological polar surface area (TPSA) is 51.8 Å². The third kappa shape index (κ3) is 5.55. The van der Waals surface area contributed by atoms with Gasteiger partial charge in [0, 0.05) is 38.8 Å². The molecular formula is C56H41N3O. The maximum absolute atomic E-state index is 6.48. The van der Waals surface area contributed by atoms with Crippen molar-refractivity contribution in [1.82, 2.24) is 15.0 Å². The van der Waals surface area contributed by atoms with Crippen LogP contribution in [0.2, 0.25) is 0 Å². The molecule has 0 N–H and O–H groups in total. The average molecular weight is 772 g/mol. The standard InChI is InChI=1S/C56H41N3O/c1-56(2)48-17-9-8-15-45(48)46-33-41(26-29-49(46)56)55-58-53(36-12-4-3-5-13-36)57-54(59-55)37-22-19-35(20-23-37)44-16-10-18-51-52(44)47-32-39(27-30-50(47)60-51)38-25-28-43-40(31-38)24-21-34-11-6-7-14-42(34)43/h3-8,10-16,18-24,26-33,38H,9,17,25H2,1-2H3. The Kier molecular flexibility index (Phi) is 7.80. The molecule has 0 spiro atoms. The minimum absolute atomic E-state index is 0.0141. The van der Waals surface area contributed by atoms with E-state index in [-0.39, 0.29) is 11.3 Å². The molecule has 1 atom stereocenters. The van der Waals surface area contributed by atoms with Gasteiger partial charge < -0.3 is 4.42 Å². The van der Waals surface area contributed by atoms with Crippen molar-refractivity contribution in [3.05, 3.63) is 190 Å². The van der Waals surface area contributed by atoms with Gasteiger partial charge in [-0.15, -0.1) is 0 Å². The molecule has 0 saturated heterocycles. The molecule has 3 aliphatic rings. The van der Waals surface area contributed by atoms with Crippen molar-refractivity contribution >= 4 is 50.4 Å². The summed E-state index contributed by atoms with van der Waals surface area (Å²) >= 11 is 0. The van der Waals surface area contributed by atoms with E-state index in [0.29, 0.717) is 17.5 Å². The first-order valence-electron chi connectivity index (χ1n) is 21.1. The summed E-state index contributed by atoms with van der Waals surface area (Å²) in [6.45, 7) is 4.71. The summed E-state index contributed by atoms with van der Waals surface area (Å²) in [6, 6.07) is 51.9. The number of fused-ring (bicyclic) bond motifs is 8. The molecule has 0 bridgehead atoms. The third-order valence-corrected chi connectivity index (χ3v) is 13.2. The van der Waals surface area contributed by atoms with Gasteiger partial charge in [-0.2, -0.15) is 0 Å². The largest absolute Gasteiger partial charge is 0.456 e. The molecule has 0 fully saturated rings. The fourth-order valence-corrected chi connectivity index (χ4v) is 10.1. The maximum Gasteiger partial charge on any atom is 0.164 e. The highest BCUT2D eigenvalue weighted by molar-refractivity contribution is 6.12. The van der Waals surface area contributed by atoms with Crippen molar-refractivity contribution in [3.8, 4) is 45.3 Å². The van der Waals surface area contributed by atoms with E-state index in [9.17, 15) is 0 Å². The summed E-state index contributed by atoms with van der Waals surface area (Å²) in [5, 5.41) is 7.52. The quantitative estimate of drug-likeness (QED) is 0.175. The van der Waals surface area contributed by atoms with Gasteiger partial charge >= 0.3 is 0 Å². The number of rotatable bonds is 5. The van der Waals surface area contributed by atoms with Crippen LogP contribution in [-0.4, -0.2) is 15.0 Å². The Labute approximate surface area is 348 Å². The van der Waals surface area contributed by atoms with Gasteiger partial charge in [-0.1, -0.05) is 165 Å². The zero-order valence-electron chi connectivity index (χ0n) is 33.6. The Balaban J connectivity index is 0.925. The molecule has 7 aromatic carbocycles. The molecule has 1 unspecified atom stereocenters. The lowest BCUT2D eigenvalue weighted by Gasteiger charge is -2.25. The van der Waals surface area contributed by atoms with Crippen LogP contribution < -0.4 is 10.4 Å². The van der Waals surface area contributed by atoms with E-state index in [1.54, 1.807) is 0 Å².